The molecule has 0 saturated heterocycles. The second kappa shape index (κ2) is 7.73. The zero-order valence-electron chi connectivity index (χ0n) is 11.2. The summed E-state index contributed by atoms with van der Waals surface area (Å²) in [4.78, 5) is 0. The predicted molar refractivity (Wildman–Crippen MR) is 76.7 cm³/mol. The molecule has 1 nitrogen and oxygen atoms in total. The molecule has 0 fully saturated rings. The summed E-state index contributed by atoms with van der Waals surface area (Å²) in [5, 5.41) is 4.39. The van der Waals surface area contributed by atoms with Crippen LogP contribution in [0, 0.1) is 5.92 Å². The Morgan fingerprint density at radius 1 is 1.18 bits per heavy atom. The van der Waals surface area contributed by atoms with Crippen molar-refractivity contribution in [1.82, 2.24) is 5.32 Å². The highest BCUT2D eigenvalue weighted by molar-refractivity contribution is 6.30. The lowest BCUT2D eigenvalue weighted by Gasteiger charge is -2.21. The number of halogens is 1. The molecule has 0 saturated carbocycles. The summed E-state index contributed by atoms with van der Waals surface area (Å²) in [7, 11) is 0. The molecule has 0 radical (unpaired) electrons. The Bertz CT molecular complexity index is 307. The van der Waals surface area contributed by atoms with Crippen molar-refractivity contribution in [2.24, 2.45) is 5.92 Å². The summed E-state index contributed by atoms with van der Waals surface area (Å²) in [6, 6.07) is 8.79. The average molecular weight is 254 g/mol. The molecule has 0 aromatic heterocycles. The molecule has 0 bridgehead atoms. The maximum atomic E-state index is 5.90. The van der Waals surface area contributed by atoms with Gasteiger partial charge in [0.1, 0.15) is 0 Å². The number of rotatable bonds is 7. The summed E-state index contributed by atoms with van der Waals surface area (Å²) in [5.41, 5.74) is 1.36. The monoisotopic (exact) mass is 253 g/mol. The van der Waals surface area contributed by atoms with E-state index in [1.165, 1.54) is 18.4 Å². The normalized spacial score (nSPS) is 14.6. The van der Waals surface area contributed by atoms with Crippen LogP contribution in [0.15, 0.2) is 24.3 Å². The van der Waals surface area contributed by atoms with Crippen LogP contribution in [0.2, 0.25) is 5.02 Å². The molecule has 96 valence electrons. The Hall–Kier alpha value is -0.530. The first kappa shape index (κ1) is 14.5. The topological polar surface area (TPSA) is 12.0 Å². The van der Waals surface area contributed by atoms with Gasteiger partial charge < -0.3 is 5.32 Å². The van der Waals surface area contributed by atoms with Crippen LogP contribution >= 0.6 is 11.6 Å². The standard InChI is InChI=1S/C15H24ClN/c1-4-12(3)10-15(17-5-2)11-13-6-8-14(16)9-7-13/h6-9,12,15,17H,4-5,10-11H2,1-3H3. The molecule has 1 aromatic carbocycles. The van der Waals surface area contributed by atoms with Crippen molar-refractivity contribution in [3.8, 4) is 0 Å². The van der Waals surface area contributed by atoms with Gasteiger partial charge in [-0.1, -0.05) is 50.9 Å². The van der Waals surface area contributed by atoms with Gasteiger partial charge in [-0.05, 0) is 43.0 Å². The van der Waals surface area contributed by atoms with Gasteiger partial charge in [-0.25, -0.2) is 0 Å². The highest BCUT2D eigenvalue weighted by Gasteiger charge is 2.11. The average Bonchev–Trinajstić information content (AvgIpc) is 2.32. The highest BCUT2D eigenvalue weighted by atomic mass is 35.5. The van der Waals surface area contributed by atoms with Gasteiger partial charge in [-0.2, -0.15) is 0 Å². The van der Waals surface area contributed by atoms with Gasteiger partial charge in [0.25, 0.3) is 0 Å². The first-order chi connectivity index (χ1) is 8.15. The molecule has 2 heteroatoms. The van der Waals surface area contributed by atoms with Gasteiger partial charge in [0, 0.05) is 11.1 Å². The second-order valence-electron chi connectivity index (χ2n) is 4.83. The van der Waals surface area contributed by atoms with Gasteiger partial charge in [-0.15, -0.1) is 0 Å². The number of hydrogen-bond acceptors (Lipinski definition) is 1. The third-order valence-electron chi connectivity index (χ3n) is 3.27. The first-order valence-corrected chi connectivity index (χ1v) is 7.01. The Morgan fingerprint density at radius 3 is 2.35 bits per heavy atom. The van der Waals surface area contributed by atoms with E-state index in [1.807, 2.05) is 12.1 Å². The maximum Gasteiger partial charge on any atom is 0.0406 e. The fourth-order valence-corrected chi connectivity index (χ4v) is 2.21. The van der Waals surface area contributed by atoms with Gasteiger partial charge >= 0.3 is 0 Å². The molecule has 1 rings (SSSR count). The molecule has 0 aliphatic heterocycles. The first-order valence-electron chi connectivity index (χ1n) is 6.63. The molecule has 1 N–H and O–H groups in total. The zero-order valence-corrected chi connectivity index (χ0v) is 11.9. The van der Waals surface area contributed by atoms with Crippen LogP contribution in [-0.4, -0.2) is 12.6 Å². The lowest BCUT2D eigenvalue weighted by Crippen LogP contribution is -2.32. The Morgan fingerprint density at radius 2 is 1.82 bits per heavy atom. The lowest BCUT2D eigenvalue weighted by molar-refractivity contribution is 0.397. The van der Waals surface area contributed by atoms with Crippen molar-refractivity contribution in [3.05, 3.63) is 34.9 Å². The van der Waals surface area contributed by atoms with Crippen LogP contribution in [0.1, 0.15) is 39.2 Å². The van der Waals surface area contributed by atoms with E-state index < -0.39 is 0 Å². The molecule has 0 aliphatic rings. The molecular formula is C15H24ClN. The Balaban J connectivity index is 2.56. The molecule has 0 spiro atoms. The fourth-order valence-electron chi connectivity index (χ4n) is 2.08. The van der Waals surface area contributed by atoms with Crippen molar-refractivity contribution in [1.29, 1.82) is 0 Å². The minimum absolute atomic E-state index is 0.580. The lowest BCUT2D eigenvalue weighted by atomic mass is 9.94. The smallest absolute Gasteiger partial charge is 0.0406 e. The molecular weight excluding hydrogens is 230 g/mol. The predicted octanol–water partition coefficient (Wildman–Crippen LogP) is 4.30. The van der Waals surface area contributed by atoms with Crippen molar-refractivity contribution in [3.63, 3.8) is 0 Å². The van der Waals surface area contributed by atoms with Crippen molar-refractivity contribution < 1.29 is 0 Å². The van der Waals surface area contributed by atoms with Gasteiger partial charge in [0.05, 0.1) is 0 Å². The SMILES string of the molecule is CCNC(Cc1ccc(Cl)cc1)CC(C)CC. The summed E-state index contributed by atoms with van der Waals surface area (Å²) in [6.45, 7) is 7.79. The quantitative estimate of drug-likeness (QED) is 0.764. The van der Waals surface area contributed by atoms with Crippen LogP contribution in [0.25, 0.3) is 0 Å². The highest BCUT2D eigenvalue weighted by Crippen LogP contribution is 2.16. The van der Waals surface area contributed by atoms with E-state index in [0.29, 0.717) is 6.04 Å². The van der Waals surface area contributed by atoms with E-state index in [-0.39, 0.29) is 0 Å². The van der Waals surface area contributed by atoms with E-state index >= 15 is 0 Å². The molecule has 0 amide bonds. The summed E-state index contributed by atoms with van der Waals surface area (Å²) < 4.78 is 0. The minimum Gasteiger partial charge on any atom is -0.314 e. The van der Waals surface area contributed by atoms with E-state index in [9.17, 15) is 0 Å². The van der Waals surface area contributed by atoms with Crippen molar-refractivity contribution in [2.75, 3.05) is 6.54 Å². The van der Waals surface area contributed by atoms with Crippen LogP contribution in [0.5, 0.6) is 0 Å². The van der Waals surface area contributed by atoms with Crippen molar-refractivity contribution in [2.45, 2.75) is 46.1 Å². The molecule has 0 heterocycles. The fraction of sp³-hybridized carbons (Fsp3) is 0.600. The molecule has 2 atom stereocenters. The van der Waals surface area contributed by atoms with E-state index in [2.05, 4.69) is 38.2 Å². The Labute approximate surface area is 111 Å². The molecule has 1 aromatic rings. The van der Waals surface area contributed by atoms with Crippen LogP contribution in [-0.2, 0) is 6.42 Å². The number of nitrogens with one attached hydrogen (secondary N) is 1. The number of likely N-dealkylation sites (N-methyl/N-ethyl adjacent to an activating group) is 1. The third kappa shape index (κ3) is 5.56. The maximum absolute atomic E-state index is 5.90. The van der Waals surface area contributed by atoms with E-state index in [0.717, 1.165) is 23.9 Å². The zero-order chi connectivity index (χ0) is 12.7. The summed E-state index contributed by atoms with van der Waals surface area (Å²) >= 11 is 5.90. The number of hydrogen-bond donors (Lipinski definition) is 1. The van der Waals surface area contributed by atoms with Crippen molar-refractivity contribution >= 4 is 11.6 Å². The van der Waals surface area contributed by atoms with E-state index in [4.69, 9.17) is 11.6 Å². The molecule has 0 aliphatic carbocycles. The van der Waals surface area contributed by atoms with Gasteiger partial charge in [0.2, 0.25) is 0 Å². The van der Waals surface area contributed by atoms with Gasteiger partial charge in [0.15, 0.2) is 0 Å². The summed E-state index contributed by atoms with van der Waals surface area (Å²) in [5.74, 6) is 0.784. The summed E-state index contributed by atoms with van der Waals surface area (Å²) in [6.07, 6.45) is 3.59. The third-order valence-corrected chi connectivity index (χ3v) is 3.52. The van der Waals surface area contributed by atoms with Crippen LogP contribution in [0.4, 0.5) is 0 Å². The van der Waals surface area contributed by atoms with Gasteiger partial charge in [-0.3, -0.25) is 0 Å². The van der Waals surface area contributed by atoms with Crippen LogP contribution in [0.3, 0.4) is 0 Å². The minimum atomic E-state index is 0.580. The van der Waals surface area contributed by atoms with E-state index in [1.54, 1.807) is 0 Å². The molecule has 2 unspecified atom stereocenters. The second-order valence-corrected chi connectivity index (χ2v) is 5.27. The van der Waals surface area contributed by atoms with Crippen LogP contribution < -0.4 is 5.32 Å². The Kier molecular flexibility index (Phi) is 6.61. The largest absolute Gasteiger partial charge is 0.314 e. The number of benzene rings is 1. The molecule has 17 heavy (non-hydrogen) atoms.